The van der Waals surface area contributed by atoms with Crippen LogP contribution in [0, 0.1) is 0 Å². The summed E-state index contributed by atoms with van der Waals surface area (Å²) < 4.78 is 0. The van der Waals surface area contributed by atoms with E-state index in [0.717, 1.165) is 12.1 Å². The lowest BCUT2D eigenvalue weighted by Crippen LogP contribution is -2.35. The highest BCUT2D eigenvalue weighted by Crippen LogP contribution is 2.18. The highest BCUT2D eigenvalue weighted by atomic mass is 32.2. The lowest BCUT2D eigenvalue weighted by molar-refractivity contribution is 0.0571. The van der Waals surface area contributed by atoms with Crippen LogP contribution in [-0.2, 0) is 5.60 Å². The van der Waals surface area contributed by atoms with Crippen LogP contribution in [0.3, 0.4) is 0 Å². The van der Waals surface area contributed by atoms with Crippen molar-refractivity contribution < 1.29 is 5.11 Å². The van der Waals surface area contributed by atoms with Crippen LogP contribution in [-0.4, -0.2) is 30.2 Å². The van der Waals surface area contributed by atoms with Crippen molar-refractivity contribution in [3.05, 3.63) is 35.9 Å². The third-order valence-electron chi connectivity index (χ3n) is 3.32. The first kappa shape index (κ1) is 16.5. The third kappa shape index (κ3) is 7.00. The molecule has 0 spiro atoms. The Morgan fingerprint density at radius 2 is 1.79 bits per heavy atom. The van der Waals surface area contributed by atoms with E-state index in [4.69, 9.17) is 0 Å². The molecule has 0 aliphatic carbocycles. The van der Waals surface area contributed by atoms with E-state index in [1.165, 1.54) is 31.4 Å². The summed E-state index contributed by atoms with van der Waals surface area (Å²) in [6, 6.07) is 9.86. The smallest absolute Gasteiger partial charge is 0.0992 e. The number of hydrogen-bond donors (Lipinski definition) is 2. The van der Waals surface area contributed by atoms with Crippen molar-refractivity contribution in [1.82, 2.24) is 5.32 Å². The fourth-order valence-corrected chi connectivity index (χ4v) is 2.57. The van der Waals surface area contributed by atoms with E-state index in [2.05, 4.69) is 11.6 Å². The maximum absolute atomic E-state index is 10.4. The second-order valence-electron chi connectivity index (χ2n) is 5.22. The van der Waals surface area contributed by atoms with Gasteiger partial charge >= 0.3 is 0 Å². The summed E-state index contributed by atoms with van der Waals surface area (Å²) in [5, 5.41) is 13.8. The molecule has 0 radical (unpaired) electrons. The van der Waals surface area contributed by atoms with E-state index < -0.39 is 5.60 Å². The second kappa shape index (κ2) is 9.40. The molecule has 1 aromatic rings. The van der Waals surface area contributed by atoms with Crippen LogP contribution in [0.25, 0.3) is 0 Å². The van der Waals surface area contributed by atoms with Crippen molar-refractivity contribution in [2.24, 2.45) is 0 Å². The normalized spacial score (nSPS) is 14.3. The van der Waals surface area contributed by atoms with Gasteiger partial charge in [0.15, 0.2) is 0 Å². The Morgan fingerprint density at radius 1 is 1.11 bits per heavy atom. The van der Waals surface area contributed by atoms with E-state index in [0.29, 0.717) is 6.54 Å². The fraction of sp³-hybridized carbons (Fsp3) is 0.625. The van der Waals surface area contributed by atoms with Crippen LogP contribution in [0.4, 0.5) is 0 Å². The summed E-state index contributed by atoms with van der Waals surface area (Å²) in [6.45, 7) is 3.47. The fourth-order valence-electron chi connectivity index (χ4n) is 2.08. The van der Waals surface area contributed by atoms with Gasteiger partial charge in [-0.05, 0) is 43.9 Å². The maximum atomic E-state index is 10.4. The molecular formula is C16H27NOS. The largest absolute Gasteiger partial charge is 0.384 e. The van der Waals surface area contributed by atoms with Gasteiger partial charge in [-0.1, -0.05) is 43.2 Å². The molecule has 2 nitrogen and oxygen atoms in total. The van der Waals surface area contributed by atoms with Gasteiger partial charge in [-0.2, -0.15) is 11.8 Å². The van der Waals surface area contributed by atoms with Crippen LogP contribution in [0.15, 0.2) is 30.3 Å². The van der Waals surface area contributed by atoms with Gasteiger partial charge in [-0.3, -0.25) is 0 Å². The third-order valence-corrected chi connectivity index (χ3v) is 4.01. The molecule has 0 saturated carbocycles. The Labute approximate surface area is 122 Å². The van der Waals surface area contributed by atoms with Crippen molar-refractivity contribution in [1.29, 1.82) is 0 Å². The van der Waals surface area contributed by atoms with Crippen LogP contribution < -0.4 is 5.32 Å². The van der Waals surface area contributed by atoms with E-state index in [1.54, 1.807) is 0 Å². The molecule has 0 bridgehead atoms. The highest BCUT2D eigenvalue weighted by molar-refractivity contribution is 7.98. The van der Waals surface area contributed by atoms with Crippen LogP contribution in [0.2, 0.25) is 0 Å². The maximum Gasteiger partial charge on any atom is 0.0992 e. The van der Waals surface area contributed by atoms with E-state index in [-0.39, 0.29) is 0 Å². The number of thioether (sulfide) groups is 1. The summed E-state index contributed by atoms with van der Waals surface area (Å²) in [5.74, 6) is 1.27. The van der Waals surface area contributed by atoms with Crippen molar-refractivity contribution >= 4 is 11.8 Å². The van der Waals surface area contributed by atoms with Crippen molar-refractivity contribution in [3.8, 4) is 0 Å². The average Bonchev–Trinajstić information content (AvgIpc) is 2.43. The Hall–Kier alpha value is -0.510. The predicted molar refractivity (Wildman–Crippen MR) is 85.7 cm³/mol. The number of nitrogens with one attached hydrogen (secondary N) is 1. The molecular weight excluding hydrogens is 254 g/mol. The zero-order chi connectivity index (χ0) is 14.0. The molecule has 108 valence electrons. The lowest BCUT2D eigenvalue weighted by atomic mass is 9.96. The van der Waals surface area contributed by atoms with E-state index in [1.807, 2.05) is 49.0 Å². The van der Waals surface area contributed by atoms with Gasteiger partial charge < -0.3 is 10.4 Å². The first-order chi connectivity index (χ1) is 9.17. The molecule has 0 heterocycles. The van der Waals surface area contributed by atoms with Gasteiger partial charge in [0.25, 0.3) is 0 Å². The molecule has 1 atom stereocenters. The van der Waals surface area contributed by atoms with E-state index >= 15 is 0 Å². The van der Waals surface area contributed by atoms with Gasteiger partial charge in [-0.25, -0.2) is 0 Å². The minimum atomic E-state index is -0.778. The molecule has 1 rings (SSSR count). The zero-order valence-corrected chi connectivity index (χ0v) is 13.0. The molecule has 1 unspecified atom stereocenters. The number of benzene rings is 1. The van der Waals surface area contributed by atoms with Crippen molar-refractivity contribution in [2.45, 2.75) is 38.2 Å². The number of rotatable bonds is 10. The Morgan fingerprint density at radius 3 is 2.47 bits per heavy atom. The first-order valence-electron chi connectivity index (χ1n) is 7.14. The monoisotopic (exact) mass is 281 g/mol. The summed E-state index contributed by atoms with van der Waals surface area (Å²) in [5.41, 5.74) is 0.197. The topological polar surface area (TPSA) is 32.3 Å². The standard InChI is InChI=1S/C16H27NOS/c1-16(18,15-10-6-5-7-11-15)14-17-12-8-3-4-9-13-19-2/h5-7,10-11,17-18H,3-4,8-9,12-14H2,1-2H3. The lowest BCUT2D eigenvalue weighted by Gasteiger charge is -2.24. The summed E-state index contributed by atoms with van der Waals surface area (Å²) in [7, 11) is 0. The number of hydrogen-bond acceptors (Lipinski definition) is 3. The molecule has 0 aromatic heterocycles. The Bertz CT molecular complexity index is 327. The van der Waals surface area contributed by atoms with Crippen LogP contribution >= 0.6 is 11.8 Å². The molecule has 2 N–H and O–H groups in total. The number of unbranched alkanes of at least 4 members (excludes halogenated alkanes) is 3. The molecule has 0 saturated heterocycles. The quantitative estimate of drug-likeness (QED) is 0.645. The summed E-state index contributed by atoms with van der Waals surface area (Å²) >= 11 is 1.92. The summed E-state index contributed by atoms with van der Waals surface area (Å²) in [4.78, 5) is 0. The molecule has 0 fully saturated rings. The van der Waals surface area contributed by atoms with E-state index in [9.17, 15) is 5.11 Å². The Kier molecular flexibility index (Phi) is 8.19. The minimum absolute atomic E-state index is 0.613. The number of aliphatic hydroxyl groups is 1. The molecule has 0 aliphatic rings. The Balaban J connectivity index is 2.12. The predicted octanol–water partition coefficient (Wildman–Crippen LogP) is 3.41. The van der Waals surface area contributed by atoms with Gasteiger partial charge in [0, 0.05) is 6.54 Å². The molecule has 0 amide bonds. The zero-order valence-electron chi connectivity index (χ0n) is 12.2. The average molecular weight is 281 g/mol. The molecule has 1 aromatic carbocycles. The van der Waals surface area contributed by atoms with Gasteiger partial charge in [0.2, 0.25) is 0 Å². The SMILES string of the molecule is CSCCCCCCNCC(C)(O)c1ccccc1. The highest BCUT2D eigenvalue weighted by Gasteiger charge is 2.21. The van der Waals surface area contributed by atoms with Crippen LogP contribution in [0.1, 0.15) is 38.2 Å². The second-order valence-corrected chi connectivity index (χ2v) is 6.21. The molecule has 0 aliphatic heterocycles. The van der Waals surface area contributed by atoms with Gasteiger partial charge in [-0.15, -0.1) is 0 Å². The summed E-state index contributed by atoms with van der Waals surface area (Å²) in [6.07, 6.45) is 7.27. The van der Waals surface area contributed by atoms with Gasteiger partial charge in [0.1, 0.15) is 0 Å². The van der Waals surface area contributed by atoms with Crippen molar-refractivity contribution in [3.63, 3.8) is 0 Å². The van der Waals surface area contributed by atoms with Gasteiger partial charge in [0.05, 0.1) is 5.60 Å². The van der Waals surface area contributed by atoms with Crippen LogP contribution in [0.5, 0.6) is 0 Å². The minimum Gasteiger partial charge on any atom is -0.384 e. The first-order valence-corrected chi connectivity index (χ1v) is 8.54. The molecule has 3 heteroatoms. The van der Waals surface area contributed by atoms with Crippen molar-refractivity contribution in [2.75, 3.05) is 25.1 Å². The molecule has 19 heavy (non-hydrogen) atoms.